The van der Waals surface area contributed by atoms with Gasteiger partial charge in [0.1, 0.15) is 12.1 Å². The molecular formula is C14H18N2O5. The maximum atomic E-state index is 12.3. The van der Waals surface area contributed by atoms with Crippen molar-refractivity contribution in [2.45, 2.75) is 38.3 Å². The minimum atomic E-state index is -1.01. The van der Waals surface area contributed by atoms with Crippen LogP contribution in [0.1, 0.15) is 36.7 Å². The van der Waals surface area contributed by atoms with Gasteiger partial charge < -0.3 is 19.7 Å². The van der Waals surface area contributed by atoms with E-state index in [1.165, 1.54) is 24.2 Å². The molecule has 2 N–H and O–H groups in total. The molecule has 0 aliphatic carbocycles. The number of amides is 2. The van der Waals surface area contributed by atoms with Crippen molar-refractivity contribution in [2.24, 2.45) is 0 Å². The standard InChI is InChI=1S/C14H18N2O5/c1-9(15-12(17)11-6-4-8-21-11)13(18)16-7-3-2-5-10(16)14(19)20/h4,6,8-10H,2-3,5,7H2,1H3,(H,15,17)(H,19,20)/t9-,10+/m0/s1. The van der Waals surface area contributed by atoms with Gasteiger partial charge in [-0.25, -0.2) is 4.79 Å². The summed E-state index contributed by atoms with van der Waals surface area (Å²) in [6.45, 7) is 1.94. The third-order valence-corrected chi connectivity index (χ3v) is 3.53. The predicted octanol–water partition coefficient (Wildman–Crippen LogP) is 0.864. The van der Waals surface area contributed by atoms with Crippen molar-refractivity contribution in [3.8, 4) is 0 Å². The van der Waals surface area contributed by atoms with Crippen LogP contribution in [-0.2, 0) is 9.59 Å². The number of carbonyl (C=O) groups is 3. The zero-order chi connectivity index (χ0) is 15.4. The zero-order valence-corrected chi connectivity index (χ0v) is 11.7. The first-order valence-electron chi connectivity index (χ1n) is 6.88. The van der Waals surface area contributed by atoms with Gasteiger partial charge in [-0.15, -0.1) is 0 Å². The first-order chi connectivity index (χ1) is 10.0. The average Bonchev–Trinajstić information content (AvgIpc) is 3.00. The van der Waals surface area contributed by atoms with E-state index in [0.29, 0.717) is 13.0 Å². The first kappa shape index (κ1) is 15.1. The van der Waals surface area contributed by atoms with Crippen LogP contribution in [0.2, 0.25) is 0 Å². The summed E-state index contributed by atoms with van der Waals surface area (Å²) in [5, 5.41) is 11.7. The Morgan fingerprint density at radius 2 is 2.19 bits per heavy atom. The summed E-state index contributed by atoms with van der Waals surface area (Å²) in [7, 11) is 0. The number of aliphatic carboxylic acids is 1. The van der Waals surface area contributed by atoms with Gasteiger partial charge in [-0.05, 0) is 38.3 Å². The number of carboxylic acids is 1. The lowest BCUT2D eigenvalue weighted by atomic mass is 10.0. The van der Waals surface area contributed by atoms with E-state index in [2.05, 4.69) is 5.32 Å². The highest BCUT2D eigenvalue weighted by Crippen LogP contribution is 2.18. The zero-order valence-electron chi connectivity index (χ0n) is 11.7. The normalized spacial score (nSPS) is 19.9. The first-order valence-corrected chi connectivity index (χ1v) is 6.88. The molecular weight excluding hydrogens is 276 g/mol. The van der Waals surface area contributed by atoms with Crippen molar-refractivity contribution >= 4 is 17.8 Å². The lowest BCUT2D eigenvalue weighted by Crippen LogP contribution is -2.54. The van der Waals surface area contributed by atoms with Gasteiger partial charge in [0.15, 0.2) is 5.76 Å². The van der Waals surface area contributed by atoms with Crippen LogP contribution in [-0.4, -0.2) is 46.4 Å². The second-order valence-electron chi connectivity index (χ2n) is 5.05. The molecule has 7 heteroatoms. The Labute approximate surface area is 121 Å². The number of carbonyl (C=O) groups excluding carboxylic acids is 2. The molecule has 2 amide bonds. The number of hydrogen-bond donors (Lipinski definition) is 2. The molecule has 21 heavy (non-hydrogen) atoms. The number of carboxylic acid groups (broad SMARTS) is 1. The van der Waals surface area contributed by atoms with Gasteiger partial charge >= 0.3 is 5.97 Å². The molecule has 0 aromatic carbocycles. The van der Waals surface area contributed by atoms with E-state index in [0.717, 1.165) is 12.8 Å². The van der Waals surface area contributed by atoms with Crippen molar-refractivity contribution in [1.82, 2.24) is 10.2 Å². The number of hydrogen-bond acceptors (Lipinski definition) is 4. The SMILES string of the molecule is C[C@H](NC(=O)c1ccco1)C(=O)N1CCCC[C@@H]1C(=O)O. The summed E-state index contributed by atoms with van der Waals surface area (Å²) in [5.74, 6) is -1.78. The summed E-state index contributed by atoms with van der Waals surface area (Å²) in [5.41, 5.74) is 0. The van der Waals surface area contributed by atoms with Crippen LogP contribution in [0, 0.1) is 0 Å². The molecule has 0 unspecified atom stereocenters. The fraction of sp³-hybridized carbons (Fsp3) is 0.500. The van der Waals surface area contributed by atoms with Gasteiger partial charge in [-0.1, -0.05) is 0 Å². The molecule has 0 saturated carbocycles. The summed E-state index contributed by atoms with van der Waals surface area (Å²) < 4.78 is 4.95. The van der Waals surface area contributed by atoms with Crippen LogP contribution in [0.25, 0.3) is 0 Å². The van der Waals surface area contributed by atoms with Crippen molar-refractivity contribution in [2.75, 3.05) is 6.54 Å². The number of rotatable bonds is 4. The number of nitrogens with one attached hydrogen (secondary N) is 1. The molecule has 2 atom stereocenters. The Balaban J connectivity index is 2.00. The van der Waals surface area contributed by atoms with Crippen molar-refractivity contribution in [3.63, 3.8) is 0 Å². The largest absolute Gasteiger partial charge is 0.480 e. The van der Waals surface area contributed by atoms with Gasteiger partial charge in [-0.3, -0.25) is 9.59 Å². The molecule has 2 heterocycles. The quantitative estimate of drug-likeness (QED) is 0.858. The Hall–Kier alpha value is -2.31. The third-order valence-electron chi connectivity index (χ3n) is 3.53. The van der Waals surface area contributed by atoms with Crippen LogP contribution < -0.4 is 5.32 Å². The highest BCUT2D eigenvalue weighted by molar-refractivity contribution is 5.96. The minimum absolute atomic E-state index is 0.114. The lowest BCUT2D eigenvalue weighted by molar-refractivity contribution is -0.152. The predicted molar refractivity (Wildman–Crippen MR) is 72.6 cm³/mol. The van der Waals surface area contributed by atoms with Crippen LogP contribution in [0.3, 0.4) is 0 Å². The lowest BCUT2D eigenvalue weighted by Gasteiger charge is -2.34. The molecule has 7 nitrogen and oxygen atoms in total. The Morgan fingerprint density at radius 1 is 1.43 bits per heavy atom. The van der Waals surface area contributed by atoms with Gasteiger partial charge in [0.25, 0.3) is 5.91 Å². The van der Waals surface area contributed by atoms with E-state index >= 15 is 0 Å². The van der Waals surface area contributed by atoms with Crippen LogP contribution in [0.5, 0.6) is 0 Å². The highest BCUT2D eigenvalue weighted by atomic mass is 16.4. The van der Waals surface area contributed by atoms with Crippen molar-refractivity contribution in [1.29, 1.82) is 0 Å². The van der Waals surface area contributed by atoms with Crippen LogP contribution >= 0.6 is 0 Å². The van der Waals surface area contributed by atoms with Gasteiger partial charge in [0, 0.05) is 6.54 Å². The molecule has 1 fully saturated rings. The van der Waals surface area contributed by atoms with Crippen LogP contribution in [0.4, 0.5) is 0 Å². The van der Waals surface area contributed by atoms with Gasteiger partial charge in [-0.2, -0.15) is 0 Å². The topological polar surface area (TPSA) is 99.9 Å². The molecule has 1 aliphatic heterocycles. The Bertz CT molecular complexity index is 525. The molecule has 1 saturated heterocycles. The summed E-state index contributed by atoms with van der Waals surface area (Å²) in [6, 6.07) is 1.46. The fourth-order valence-electron chi connectivity index (χ4n) is 2.44. The molecule has 0 spiro atoms. The summed E-state index contributed by atoms with van der Waals surface area (Å²) in [6.07, 6.45) is 3.37. The minimum Gasteiger partial charge on any atom is -0.480 e. The summed E-state index contributed by atoms with van der Waals surface area (Å²) >= 11 is 0. The van der Waals surface area contributed by atoms with E-state index in [9.17, 15) is 19.5 Å². The monoisotopic (exact) mass is 294 g/mol. The second-order valence-corrected chi connectivity index (χ2v) is 5.05. The van der Waals surface area contributed by atoms with Crippen molar-refractivity contribution < 1.29 is 23.9 Å². The maximum absolute atomic E-state index is 12.3. The van der Waals surface area contributed by atoms with E-state index < -0.39 is 24.0 Å². The van der Waals surface area contributed by atoms with E-state index in [-0.39, 0.29) is 11.7 Å². The maximum Gasteiger partial charge on any atom is 0.326 e. The van der Waals surface area contributed by atoms with E-state index in [1.54, 1.807) is 6.07 Å². The van der Waals surface area contributed by atoms with Gasteiger partial charge in [0.05, 0.1) is 6.26 Å². The Kier molecular flexibility index (Phi) is 4.62. The van der Waals surface area contributed by atoms with E-state index in [1.807, 2.05) is 0 Å². The number of piperidine rings is 1. The number of nitrogens with zero attached hydrogens (tertiary/aromatic N) is 1. The second kappa shape index (κ2) is 6.43. The molecule has 1 aliphatic rings. The molecule has 1 aromatic rings. The number of likely N-dealkylation sites (tertiary alicyclic amines) is 1. The highest BCUT2D eigenvalue weighted by Gasteiger charge is 2.34. The average molecular weight is 294 g/mol. The third kappa shape index (κ3) is 3.42. The molecule has 0 bridgehead atoms. The smallest absolute Gasteiger partial charge is 0.326 e. The molecule has 1 aromatic heterocycles. The summed E-state index contributed by atoms with van der Waals surface area (Å²) in [4.78, 5) is 36.7. The van der Waals surface area contributed by atoms with Crippen molar-refractivity contribution in [3.05, 3.63) is 24.2 Å². The number of furan rings is 1. The molecule has 0 radical (unpaired) electrons. The fourth-order valence-corrected chi connectivity index (χ4v) is 2.44. The molecule has 2 rings (SSSR count). The Morgan fingerprint density at radius 3 is 2.81 bits per heavy atom. The van der Waals surface area contributed by atoms with Gasteiger partial charge in [0.2, 0.25) is 5.91 Å². The van der Waals surface area contributed by atoms with Crippen LogP contribution in [0.15, 0.2) is 22.8 Å². The molecule has 114 valence electrons. The van der Waals surface area contributed by atoms with E-state index in [4.69, 9.17) is 4.42 Å².